The third kappa shape index (κ3) is 23.5. The Hall–Kier alpha value is -7.06. The average Bonchev–Trinajstić information content (AvgIpc) is 1.98. The molecule has 101 heavy (non-hydrogen) atoms. The van der Waals surface area contributed by atoms with E-state index in [1.807, 2.05) is 84.6 Å². The van der Waals surface area contributed by atoms with Crippen LogP contribution in [-0.4, -0.2) is 153 Å². The average molecular weight is 1470 g/mol. The monoisotopic (exact) mass is 1460 g/mol. The highest BCUT2D eigenvalue weighted by atomic mass is 32.1. The maximum atomic E-state index is 11.7. The lowest BCUT2D eigenvalue weighted by Gasteiger charge is -2.31. The minimum Gasteiger partial charge on any atom is -0.461 e. The second-order valence-electron chi connectivity index (χ2n) is 26.1. The van der Waals surface area contributed by atoms with E-state index in [0.29, 0.717) is 41.9 Å². The van der Waals surface area contributed by atoms with Gasteiger partial charge in [-0.15, -0.1) is 34.0 Å². The smallest absolute Gasteiger partial charge is 0.357 e. The van der Waals surface area contributed by atoms with Crippen LogP contribution in [0, 0.1) is 11.8 Å². The summed E-state index contributed by atoms with van der Waals surface area (Å²) in [5.74, 6) is 6.78. The van der Waals surface area contributed by atoms with Crippen LogP contribution in [0.25, 0.3) is 0 Å². The molecule has 0 bridgehead atoms. The molecule has 5 aliphatic heterocycles. The lowest BCUT2D eigenvalue weighted by Crippen LogP contribution is -2.36. The topological polar surface area (TPSA) is 210 Å². The highest BCUT2D eigenvalue weighted by Crippen LogP contribution is 2.35. The van der Waals surface area contributed by atoms with Crippen LogP contribution in [0.15, 0.2) is 78.1 Å². The van der Waals surface area contributed by atoms with Crippen molar-refractivity contribution in [1.82, 2.24) is 64.8 Å². The van der Waals surface area contributed by atoms with Crippen molar-refractivity contribution < 1.29 is 9.53 Å². The molecule has 0 N–H and O–H groups in total. The number of carbonyl (C=O) groups excluding carboxylic acids is 1. The number of rotatable bonds is 19. The van der Waals surface area contributed by atoms with Gasteiger partial charge in [0.05, 0.1) is 33.0 Å². The molecular weight excluding hydrogens is 1360 g/mol. The normalized spacial score (nSPS) is 16.3. The third-order valence-corrected chi connectivity index (χ3v) is 23.2. The molecule has 8 aromatic rings. The summed E-state index contributed by atoms with van der Waals surface area (Å²) >= 11 is 15.7. The van der Waals surface area contributed by atoms with E-state index in [-0.39, 0.29) is 13.4 Å². The van der Waals surface area contributed by atoms with Crippen LogP contribution in [0.1, 0.15) is 223 Å². The van der Waals surface area contributed by atoms with Crippen LogP contribution >= 0.6 is 58.4 Å². The lowest BCUT2D eigenvalue weighted by atomic mass is 9.94. The number of nitrogens with zero attached hydrogens (tertiary/aromatic N) is 18. The molecule has 25 heteroatoms. The molecule has 0 atom stereocenters. The molecule has 0 saturated carbocycles. The van der Waals surface area contributed by atoms with Crippen molar-refractivity contribution in [1.29, 1.82) is 0 Å². The number of carbonyl (C=O) groups is 1. The van der Waals surface area contributed by atoms with Gasteiger partial charge in [-0.1, -0.05) is 80.3 Å². The van der Waals surface area contributed by atoms with Crippen LogP contribution in [-0.2, 0) is 49.7 Å². The van der Waals surface area contributed by atoms with Gasteiger partial charge in [-0.3, -0.25) is 0 Å². The Balaban J connectivity index is 0.000000161. The fourth-order valence-electron chi connectivity index (χ4n) is 12.5. The molecule has 0 aliphatic carbocycles. The van der Waals surface area contributed by atoms with Crippen molar-refractivity contribution >= 4 is 104 Å². The first-order valence-electron chi connectivity index (χ1n) is 36.5. The summed E-state index contributed by atoms with van der Waals surface area (Å²) in [6.07, 6.45) is 37.4. The van der Waals surface area contributed by atoms with E-state index in [9.17, 15) is 4.79 Å². The molecule has 13 rings (SSSR count). The first kappa shape index (κ1) is 79.6. The molecule has 0 unspecified atom stereocenters. The summed E-state index contributed by atoms with van der Waals surface area (Å²) in [6, 6.07) is 0. The summed E-state index contributed by atoms with van der Waals surface area (Å²) in [5, 5.41) is 9.86. The summed E-state index contributed by atoms with van der Waals surface area (Å²) in [7, 11) is 0. The number of anilines is 5. The highest BCUT2D eigenvalue weighted by Gasteiger charge is 2.29. The zero-order valence-corrected chi connectivity index (χ0v) is 64.7. The highest BCUT2D eigenvalue weighted by molar-refractivity contribution is 7.80. The van der Waals surface area contributed by atoms with Crippen LogP contribution in [0.2, 0.25) is 0 Å². The largest absolute Gasteiger partial charge is 0.461 e. The van der Waals surface area contributed by atoms with E-state index in [2.05, 4.69) is 152 Å². The molecule has 0 radical (unpaired) electrons. The predicted molar refractivity (Wildman–Crippen MR) is 424 cm³/mol. The summed E-state index contributed by atoms with van der Waals surface area (Å²) in [4.78, 5) is 83.9. The minimum absolute atomic E-state index is 0. The van der Waals surface area contributed by atoms with Gasteiger partial charge >= 0.3 is 5.97 Å². The molecule has 0 amide bonds. The lowest BCUT2D eigenvalue weighted by molar-refractivity contribution is 0.0520. The standard InChI is InChI=1S/C17H22N4O2S.2C16H22N4S.2C13H19N3S.CH4/c1-3-12-9-18-17(19-10-12)21-7-5-13(6-8-21)15-20-14(11-24-15)16(22)23-4-2;2*1-3-12-9-17-16(18-10-12)20-7-5-13(6-8-20)15-19-14(4-2)11-21-15;2*1-3-11-8-14-13(15-9-11)16-6-4-12(5-7-16)10(2)17;/h9-11,13H,3-8H2,1-2H3;2*9-11,13H,3-8H2,1-2H3;2*8-9,12H,3-7H2,1-2H3;1H4. The van der Waals surface area contributed by atoms with Gasteiger partial charge in [-0.05, 0) is 179 Å². The second kappa shape index (κ2) is 41.3. The Morgan fingerprint density at radius 2 is 0.614 bits per heavy atom. The van der Waals surface area contributed by atoms with Crippen molar-refractivity contribution in [3.63, 3.8) is 0 Å². The van der Waals surface area contributed by atoms with Gasteiger partial charge in [-0.25, -0.2) is 69.6 Å². The fourth-order valence-corrected chi connectivity index (χ4v) is 16.1. The molecule has 5 aliphatic rings. The Morgan fingerprint density at radius 1 is 0.376 bits per heavy atom. The Kier molecular flexibility index (Phi) is 32.6. The first-order chi connectivity index (χ1) is 48.7. The maximum absolute atomic E-state index is 11.7. The van der Waals surface area contributed by atoms with Crippen molar-refractivity contribution in [2.75, 3.05) is 96.6 Å². The first-order valence-corrected chi connectivity index (χ1v) is 40.0. The van der Waals surface area contributed by atoms with Gasteiger partial charge in [0.2, 0.25) is 29.7 Å². The van der Waals surface area contributed by atoms with Gasteiger partial charge in [-0.2, -0.15) is 0 Å². The van der Waals surface area contributed by atoms with Crippen LogP contribution in [0.3, 0.4) is 0 Å². The quantitative estimate of drug-likeness (QED) is 0.0544. The van der Waals surface area contributed by atoms with Crippen molar-refractivity contribution in [2.24, 2.45) is 11.8 Å². The van der Waals surface area contributed by atoms with Gasteiger partial charge < -0.3 is 29.2 Å². The maximum Gasteiger partial charge on any atom is 0.357 e. The molecule has 13 heterocycles. The van der Waals surface area contributed by atoms with E-state index in [1.54, 1.807) is 23.6 Å². The van der Waals surface area contributed by atoms with E-state index in [0.717, 1.165) is 225 Å². The fraction of sp³-hybridized carbons (Fsp3) is 0.579. The molecule has 20 nitrogen and oxygen atoms in total. The molecule has 8 aromatic heterocycles. The summed E-state index contributed by atoms with van der Waals surface area (Å²) in [6.45, 7) is 31.2. The molecule has 0 aromatic carbocycles. The number of aromatic nitrogens is 13. The number of hydrogen-bond acceptors (Lipinski definition) is 25. The van der Waals surface area contributed by atoms with Gasteiger partial charge in [0, 0.05) is 161 Å². The molecule has 5 fully saturated rings. The Labute approximate surface area is 624 Å². The number of thiazole rings is 3. The van der Waals surface area contributed by atoms with Gasteiger partial charge in [0.15, 0.2) is 5.69 Å². The third-order valence-electron chi connectivity index (χ3n) is 19.5. The number of hydrogen-bond donors (Lipinski definition) is 0. The minimum atomic E-state index is -0.332. The number of esters is 1. The number of thiocarbonyl (C=S) groups is 2. The van der Waals surface area contributed by atoms with Crippen LogP contribution < -0.4 is 24.5 Å². The summed E-state index contributed by atoms with van der Waals surface area (Å²) in [5.41, 5.74) is 8.83. The van der Waals surface area contributed by atoms with Gasteiger partial charge in [0.25, 0.3) is 0 Å². The van der Waals surface area contributed by atoms with E-state index in [4.69, 9.17) is 39.1 Å². The number of ether oxygens (including phenoxy) is 1. The van der Waals surface area contributed by atoms with E-state index >= 15 is 0 Å². The second-order valence-corrected chi connectivity index (χ2v) is 30.1. The number of aryl methyl sites for hydroxylation is 7. The van der Waals surface area contributed by atoms with Crippen LogP contribution in [0.5, 0.6) is 0 Å². The zero-order valence-electron chi connectivity index (χ0n) is 60.6. The Morgan fingerprint density at radius 3 is 0.832 bits per heavy atom. The zero-order chi connectivity index (χ0) is 70.8. The number of piperidine rings is 5. The van der Waals surface area contributed by atoms with E-state index in [1.165, 1.54) is 43.7 Å². The molecule has 5 saturated heterocycles. The van der Waals surface area contributed by atoms with Crippen molar-refractivity contribution in [2.45, 2.75) is 204 Å². The Bertz CT molecular complexity index is 3520. The van der Waals surface area contributed by atoms with E-state index < -0.39 is 0 Å². The SMILES string of the molecule is C.CCOC(=O)c1csc(C2CCN(c3ncc(CC)cn3)CC2)n1.CCc1cnc(N2CCC(C(C)=S)CC2)nc1.CCc1cnc(N2CCC(C(C)=S)CC2)nc1.CCc1cnc(N2CCC(c3nc(CC)cs3)CC2)nc1.CCc1cnc(N2CCC(c3nc(CC)cs3)CC2)nc1. The molecular formula is C76H108N18O2S5. The van der Waals surface area contributed by atoms with Crippen molar-refractivity contribution in [3.8, 4) is 0 Å². The predicted octanol–water partition coefficient (Wildman–Crippen LogP) is 15.9. The molecule has 0 spiro atoms. The molecule has 544 valence electrons. The van der Waals surface area contributed by atoms with Crippen LogP contribution in [0.4, 0.5) is 29.7 Å². The van der Waals surface area contributed by atoms with Gasteiger partial charge in [0.1, 0.15) is 0 Å². The summed E-state index contributed by atoms with van der Waals surface area (Å²) < 4.78 is 5.00. The van der Waals surface area contributed by atoms with Crippen molar-refractivity contribution in [3.05, 3.63) is 138 Å².